The second-order valence-corrected chi connectivity index (χ2v) is 8.74. The van der Waals surface area contributed by atoms with Crippen LogP contribution >= 0.6 is 0 Å². The van der Waals surface area contributed by atoms with Crippen molar-refractivity contribution in [2.45, 2.75) is 63.7 Å². The summed E-state index contributed by atoms with van der Waals surface area (Å²) in [6.07, 6.45) is -0.638. The molecule has 0 spiro atoms. The van der Waals surface area contributed by atoms with Gasteiger partial charge in [-0.2, -0.15) is 0 Å². The van der Waals surface area contributed by atoms with Gasteiger partial charge in [-0.25, -0.2) is 4.79 Å². The molecular formula is C23H34N4O9. The summed E-state index contributed by atoms with van der Waals surface area (Å²) < 4.78 is 0. The molecule has 0 aliphatic rings. The fourth-order valence-electron chi connectivity index (χ4n) is 3.22. The quantitative estimate of drug-likeness (QED) is 0.139. The van der Waals surface area contributed by atoms with E-state index in [0.29, 0.717) is 5.56 Å². The van der Waals surface area contributed by atoms with E-state index < -0.39 is 66.9 Å². The second kappa shape index (κ2) is 14.6. The number of hydrogen-bond donors (Lipinski definition) is 8. The number of aliphatic hydroxyl groups is 1. The van der Waals surface area contributed by atoms with Crippen LogP contribution in [0.1, 0.15) is 38.7 Å². The van der Waals surface area contributed by atoms with Crippen molar-refractivity contribution in [2.75, 3.05) is 6.61 Å². The van der Waals surface area contributed by atoms with Gasteiger partial charge in [0.2, 0.25) is 17.7 Å². The molecule has 1 aromatic rings. The number of nitrogens with two attached hydrogens (primary N) is 1. The standard InChI is InChI=1S/C23H34N4O9/c1-12(2)9-17(21(33)25-16(23(35)36)7-8-19(30)31)26-22(34)18(11-28)27-20(32)15(24)10-13-3-5-14(29)6-4-13/h3-6,12,15-18,28-29H,7-11,24H2,1-2H3,(H,25,33)(H,26,34)(H,27,32)(H,30,31)(H,35,36). The number of hydrogen-bond acceptors (Lipinski definition) is 8. The van der Waals surface area contributed by atoms with Gasteiger partial charge in [0, 0.05) is 6.42 Å². The summed E-state index contributed by atoms with van der Waals surface area (Å²) in [5, 5.41) is 44.0. The molecule has 9 N–H and O–H groups in total. The zero-order valence-corrected chi connectivity index (χ0v) is 20.1. The van der Waals surface area contributed by atoms with Crippen LogP contribution in [0.15, 0.2) is 24.3 Å². The van der Waals surface area contributed by atoms with Crippen LogP contribution in [-0.2, 0) is 30.4 Å². The van der Waals surface area contributed by atoms with Crippen molar-refractivity contribution in [2.24, 2.45) is 11.7 Å². The first-order valence-electron chi connectivity index (χ1n) is 11.3. The molecule has 4 atom stereocenters. The Morgan fingerprint density at radius 2 is 1.39 bits per heavy atom. The number of carboxylic acid groups (broad SMARTS) is 2. The molecule has 0 saturated heterocycles. The molecule has 200 valence electrons. The molecule has 0 aromatic heterocycles. The minimum atomic E-state index is -1.48. The summed E-state index contributed by atoms with van der Waals surface area (Å²) in [5.74, 6) is -5.19. The molecule has 0 fully saturated rings. The Balaban J connectivity index is 2.84. The van der Waals surface area contributed by atoms with E-state index in [0.717, 1.165) is 0 Å². The van der Waals surface area contributed by atoms with E-state index in [1.165, 1.54) is 12.1 Å². The number of aromatic hydroxyl groups is 1. The van der Waals surface area contributed by atoms with E-state index in [-0.39, 0.29) is 30.9 Å². The molecule has 13 nitrogen and oxygen atoms in total. The first-order chi connectivity index (χ1) is 16.8. The lowest BCUT2D eigenvalue weighted by atomic mass is 10.0. The number of nitrogens with one attached hydrogen (secondary N) is 3. The summed E-state index contributed by atoms with van der Waals surface area (Å²) >= 11 is 0. The number of aliphatic hydroxyl groups excluding tert-OH is 1. The number of benzene rings is 1. The largest absolute Gasteiger partial charge is 0.508 e. The van der Waals surface area contributed by atoms with Crippen LogP contribution in [0.5, 0.6) is 5.75 Å². The highest BCUT2D eigenvalue weighted by molar-refractivity contribution is 5.94. The first kappa shape index (κ1) is 30.3. The van der Waals surface area contributed by atoms with Gasteiger partial charge in [-0.15, -0.1) is 0 Å². The minimum Gasteiger partial charge on any atom is -0.508 e. The SMILES string of the molecule is CC(C)CC(NC(=O)C(CO)NC(=O)C(N)Cc1ccc(O)cc1)C(=O)NC(CCC(=O)O)C(=O)O. The molecule has 0 aliphatic carbocycles. The number of amides is 3. The highest BCUT2D eigenvalue weighted by Gasteiger charge is 2.30. The summed E-state index contributed by atoms with van der Waals surface area (Å²) in [5.41, 5.74) is 6.55. The summed E-state index contributed by atoms with van der Waals surface area (Å²) in [6.45, 7) is 2.73. The van der Waals surface area contributed by atoms with Gasteiger partial charge in [0.25, 0.3) is 0 Å². The van der Waals surface area contributed by atoms with Crippen LogP contribution in [0.3, 0.4) is 0 Å². The van der Waals surface area contributed by atoms with E-state index in [2.05, 4.69) is 16.0 Å². The Kier molecular flexibility index (Phi) is 12.3. The smallest absolute Gasteiger partial charge is 0.326 e. The van der Waals surface area contributed by atoms with Crippen molar-refractivity contribution in [3.05, 3.63) is 29.8 Å². The molecule has 0 heterocycles. The average molecular weight is 511 g/mol. The Morgan fingerprint density at radius 3 is 1.89 bits per heavy atom. The molecule has 0 radical (unpaired) electrons. The van der Waals surface area contributed by atoms with Crippen LogP contribution in [0.4, 0.5) is 0 Å². The topological polar surface area (TPSA) is 228 Å². The van der Waals surface area contributed by atoms with E-state index in [9.17, 15) is 39.3 Å². The molecule has 36 heavy (non-hydrogen) atoms. The van der Waals surface area contributed by atoms with Crippen molar-refractivity contribution in [3.8, 4) is 5.75 Å². The Labute approximate surface area is 208 Å². The zero-order valence-electron chi connectivity index (χ0n) is 20.1. The molecule has 0 saturated carbocycles. The third kappa shape index (κ3) is 10.7. The molecule has 0 aliphatic heterocycles. The summed E-state index contributed by atoms with van der Waals surface area (Å²) in [7, 11) is 0. The van der Waals surface area contributed by atoms with Gasteiger partial charge in [0.15, 0.2) is 0 Å². The molecule has 1 rings (SSSR count). The number of phenols is 1. The fraction of sp³-hybridized carbons (Fsp3) is 0.522. The van der Waals surface area contributed by atoms with Crippen molar-refractivity contribution in [3.63, 3.8) is 0 Å². The molecule has 13 heteroatoms. The van der Waals surface area contributed by atoms with Gasteiger partial charge in [0.1, 0.15) is 23.9 Å². The molecule has 0 bridgehead atoms. The third-order valence-electron chi connectivity index (χ3n) is 5.15. The summed E-state index contributed by atoms with van der Waals surface area (Å²) in [4.78, 5) is 60.1. The van der Waals surface area contributed by atoms with Gasteiger partial charge in [-0.3, -0.25) is 19.2 Å². The van der Waals surface area contributed by atoms with Crippen molar-refractivity contribution in [1.29, 1.82) is 0 Å². The van der Waals surface area contributed by atoms with Gasteiger partial charge in [-0.05, 0) is 42.9 Å². The monoisotopic (exact) mass is 510 g/mol. The Morgan fingerprint density at radius 1 is 0.861 bits per heavy atom. The molecule has 3 amide bonds. The highest BCUT2D eigenvalue weighted by Crippen LogP contribution is 2.11. The van der Waals surface area contributed by atoms with E-state index in [1.807, 2.05) is 0 Å². The van der Waals surface area contributed by atoms with E-state index in [1.54, 1.807) is 26.0 Å². The number of carboxylic acids is 2. The molecular weight excluding hydrogens is 476 g/mol. The number of carbonyl (C=O) groups excluding carboxylic acids is 3. The average Bonchev–Trinajstić information content (AvgIpc) is 2.79. The minimum absolute atomic E-state index is 0.0466. The normalized spacial score (nSPS) is 14.2. The third-order valence-corrected chi connectivity index (χ3v) is 5.15. The van der Waals surface area contributed by atoms with Crippen LogP contribution < -0.4 is 21.7 Å². The van der Waals surface area contributed by atoms with Gasteiger partial charge in [0.05, 0.1) is 12.6 Å². The Hall–Kier alpha value is -3.71. The van der Waals surface area contributed by atoms with Crippen LogP contribution in [0.2, 0.25) is 0 Å². The Bertz CT molecular complexity index is 921. The van der Waals surface area contributed by atoms with Crippen molar-refractivity contribution in [1.82, 2.24) is 16.0 Å². The first-order valence-corrected chi connectivity index (χ1v) is 11.3. The lowest BCUT2D eigenvalue weighted by molar-refractivity contribution is -0.143. The predicted octanol–water partition coefficient (Wildman–Crippen LogP) is -1.30. The predicted molar refractivity (Wildman–Crippen MR) is 127 cm³/mol. The lowest BCUT2D eigenvalue weighted by Crippen LogP contribution is -2.58. The fourth-order valence-corrected chi connectivity index (χ4v) is 3.22. The number of rotatable bonds is 15. The maximum atomic E-state index is 12.7. The van der Waals surface area contributed by atoms with Crippen molar-refractivity contribution >= 4 is 29.7 Å². The number of phenolic OH excluding ortho intramolecular Hbond substituents is 1. The van der Waals surface area contributed by atoms with Crippen molar-refractivity contribution < 1.29 is 44.4 Å². The van der Waals surface area contributed by atoms with Gasteiger partial charge >= 0.3 is 11.9 Å². The van der Waals surface area contributed by atoms with Crippen LogP contribution in [-0.4, -0.2) is 80.9 Å². The maximum absolute atomic E-state index is 12.7. The number of carbonyl (C=O) groups is 5. The van der Waals surface area contributed by atoms with E-state index >= 15 is 0 Å². The molecule has 1 aromatic carbocycles. The van der Waals surface area contributed by atoms with Crippen LogP contribution in [0, 0.1) is 5.92 Å². The number of aliphatic carboxylic acids is 2. The zero-order chi connectivity index (χ0) is 27.4. The van der Waals surface area contributed by atoms with Gasteiger partial charge in [-0.1, -0.05) is 26.0 Å². The second-order valence-electron chi connectivity index (χ2n) is 8.74. The summed E-state index contributed by atoms with van der Waals surface area (Å²) in [6, 6.07) is 0.821. The maximum Gasteiger partial charge on any atom is 0.326 e. The van der Waals surface area contributed by atoms with Gasteiger partial charge < -0.3 is 42.1 Å². The molecule has 4 unspecified atom stereocenters. The van der Waals surface area contributed by atoms with Crippen LogP contribution in [0.25, 0.3) is 0 Å². The lowest BCUT2D eigenvalue weighted by Gasteiger charge is -2.25. The van der Waals surface area contributed by atoms with E-state index in [4.69, 9.17) is 10.8 Å². The highest BCUT2D eigenvalue weighted by atomic mass is 16.4.